The molecule has 3 heteroatoms. The van der Waals surface area contributed by atoms with E-state index in [1.54, 1.807) is 18.2 Å². The molecule has 0 bridgehead atoms. The van der Waals surface area contributed by atoms with Crippen LogP contribution in [0.2, 0.25) is 0 Å². The maximum atomic E-state index is 13.7. The van der Waals surface area contributed by atoms with Crippen LogP contribution in [0.4, 0.5) is 4.39 Å². The molecule has 18 heavy (non-hydrogen) atoms. The molecular weight excluding hydrogens is 231 g/mol. The second-order valence-electron chi connectivity index (χ2n) is 4.23. The number of aryl methyl sites for hydroxylation is 2. The predicted molar refractivity (Wildman–Crippen MR) is 68.3 cm³/mol. The number of aliphatic hydroxyl groups excluding tert-OH is 1. The van der Waals surface area contributed by atoms with Gasteiger partial charge in [-0.05, 0) is 43.2 Å². The molecule has 0 aliphatic heterocycles. The first-order chi connectivity index (χ1) is 8.61. The van der Waals surface area contributed by atoms with Gasteiger partial charge in [-0.1, -0.05) is 18.2 Å². The van der Waals surface area contributed by atoms with E-state index in [2.05, 4.69) is 0 Å². The zero-order valence-electron chi connectivity index (χ0n) is 10.4. The Hall–Kier alpha value is -1.87. The maximum Gasteiger partial charge on any atom is 0.168 e. The zero-order valence-corrected chi connectivity index (χ0v) is 10.4. The van der Waals surface area contributed by atoms with Crippen molar-refractivity contribution in [3.8, 4) is 11.5 Å². The molecule has 1 N–H and O–H groups in total. The summed E-state index contributed by atoms with van der Waals surface area (Å²) in [5, 5.41) is 9.17. The van der Waals surface area contributed by atoms with E-state index in [1.165, 1.54) is 6.07 Å². The molecule has 0 aromatic heterocycles. The highest BCUT2D eigenvalue weighted by molar-refractivity contribution is 5.41. The van der Waals surface area contributed by atoms with E-state index < -0.39 is 5.82 Å². The van der Waals surface area contributed by atoms with Crippen molar-refractivity contribution in [3.63, 3.8) is 0 Å². The quantitative estimate of drug-likeness (QED) is 0.894. The van der Waals surface area contributed by atoms with Crippen molar-refractivity contribution in [3.05, 3.63) is 58.9 Å². The Labute approximate surface area is 106 Å². The standard InChI is InChI=1S/C15H15FO2/c1-10-6-7-13(8-11(10)2)18-15-12(9-17)4-3-5-14(15)16/h3-8,17H,9H2,1-2H3. The number of para-hydroxylation sites is 1. The van der Waals surface area contributed by atoms with Gasteiger partial charge in [-0.3, -0.25) is 0 Å². The van der Waals surface area contributed by atoms with Crippen molar-refractivity contribution in [1.82, 2.24) is 0 Å². The molecule has 0 aliphatic rings. The van der Waals surface area contributed by atoms with Crippen LogP contribution in [-0.2, 0) is 6.61 Å². The van der Waals surface area contributed by atoms with Crippen molar-refractivity contribution in [2.24, 2.45) is 0 Å². The average molecular weight is 246 g/mol. The molecule has 0 heterocycles. The van der Waals surface area contributed by atoms with Crippen LogP contribution in [0.3, 0.4) is 0 Å². The summed E-state index contributed by atoms with van der Waals surface area (Å²) < 4.78 is 19.2. The van der Waals surface area contributed by atoms with Gasteiger partial charge in [0, 0.05) is 5.56 Å². The largest absolute Gasteiger partial charge is 0.454 e. The topological polar surface area (TPSA) is 29.5 Å². The molecule has 2 nitrogen and oxygen atoms in total. The van der Waals surface area contributed by atoms with Crippen LogP contribution in [0.25, 0.3) is 0 Å². The Bertz CT molecular complexity index is 564. The SMILES string of the molecule is Cc1ccc(Oc2c(F)cccc2CO)cc1C. The van der Waals surface area contributed by atoms with E-state index in [0.29, 0.717) is 11.3 Å². The third-order valence-electron chi connectivity index (χ3n) is 2.92. The fraction of sp³-hybridized carbons (Fsp3) is 0.200. The fourth-order valence-corrected chi connectivity index (χ4v) is 1.69. The van der Waals surface area contributed by atoms with Crippen LogP contribution in [0.1, 0.15) is 16.7 Å². The molecule has 2 aromatic carbocycles. The minimum Gasteiger partial charge on any atom is -0.454 e. The number of hydrogen-bond acceptors (Lipinski definition) is 2. The lowest BCUT2D eigenvalue weighted by atomic mass is 10.1. The Morgan fingerprint density at radius 1 is 1.11 bits per heavy atom. The van der Waals surface area contributed by atoms with Gasteiger partial charge in [-0.15, -0.1) is 0 Å². The molecule has 0 aliphatic carbocycles. The first-order valence-corrected chi connectivity index (χ1v) is 5.75. The summed E-state index contributed by atoms with van der Waals surface area (Å²) in [6.07, 6.45) is 0. The molecule has 0 unspecified atom stereocenters. The van der Waals surface area contributed by atoms with Gasteiger partial charge in [0.2, 0.25) is 0 Å². The van der Waals surface area contributed by atoms with E-state index in [0.717, 1.165) is 11.1 Å². The van der Waals surface area contributed by atoms with Gasteiger partial charge in [-0.2, -0.15) is 0 Å². The molecule has 0 amide bonds. The zero-order chi connectivity index (χ0) is 13.1. The van der Waals surface area contributed by atoms with Gasteiger partial charge in [0.1, 0.15) is 5.75 Å². The first-order valence-electron chi connectivity index (χ1n) is 5.75. The molecule has 2 rings (SSSR count). The van der Waals surface area contributed by atoms with Gasteiger partial charge in [0.25, 0.3) is 0 Å². The van der Waals surface area contributed by atoms with Crippen LogP contribution in [0.15, 0.2) is 36.4 Å². The van der Waals surface area contributed by atoms with Gasteiger partial charge >= 0.3 is 0 Å². The maximum absolute atomic E-state index is 13.7. The second-order valence-corrected chi connectivity index (χ2v) is 4.23. The van der Waals surface area contributed by atoms with Gasteiger partial charge < -0.3 is 9.84 Å². The Morgan fingerprint density at radius 3 is 2.56 bits per heavy atom. The number of rotatable bonds is 3. The summed E-state index contributed by atoms with van der Waals surface area (Å²) in [7, 11) is 0. The van der Waals surface area contributed by atoms with E-state index in [9.17, 15) is 9.50 Å². The summed E-state index contributed by atoms with van der Waals surface area (Å²) in [4.78, 5) is 0. The summed E-state index contributed by atoms with van der Waals surface area (Å²) in [5.41, 5.74) is 2.67. The van der Waals surface area contributed by atoms with Crippen LogP contribution < -0.4 is 4.74 Å². The highest BCUT2D eigenvalue weighted by Gasteiger charge is 2.10. The minimum atomic E-state index is -0.472. The number of hydrogen-bond donors (Lipinski definition) is 1. The molecule has 94 valence electrons. The Morgan fingerprint density at radius 2 is 1.89 bits per heavy atom. The van der Waals surface area contributed by atoms with E-state index in [-0.39, 0.29) is 12.4 Å². The molecule has 0 saturated heterocycles. The van der Waals surface area contributed by atoms with Gasteiger partial charge in [0.05, 0.1) is 6.61 Å². The summed E-state index contributed by atoms with van der Waals surface area (Å²) in [6.45, 7) is 3.72. The fourth-order valence-electron chi connectivity index (χ4n) is 1.69. The van der Waals surface area contributed by atoms with Crippen LogP contribution in [0.5, 0.6) is 11.5 Å². The van der Waals surface area contributed by atoms with E-state index in [1.807, 2.05) is 26.0 Å². The Balaban J connectivity index is 2.36. The third kappa shape index (κ3) is 2.51. The number of aliphatic hydroxyl groups is 1. The molecule has 0 spiro atoms. The third-order valence-corrected chi connectivity index (χ3v) is 2.92. The van der Waals surface area contributed by atoms with Crippen molar-refractivity contribution in [2.45, 2.75) is 20.5 Å². The number of benzene rings is 2. The molecule has 0 fully saturated rings. The molecule has 0 saturated carbocycles. The molecular formula is C15H15FO2. The van der Waals surface area contributed by atoms with Gasteiger partial charge in [-0.25, -0.2) is 4.39 Å². The van der Waals surface area contributed by atoms with Crippen molar-refractivity contribution in [1.29, 1.82) is 0 Å². The van der Waals surface area contributed by atoms with Crippen LogP contribution >= 0.6 is 0 Å². The molecule has 2 aromatic rings. The highest BCUT2D eigenvalue weighted by Crippen LogP contribution is 2.29. The van der Waals surface area contributed by atoms with Crippen LogP contribution in [0, 0.1) is 19.7 Å². The highest BCUT2D eigenvalue weighted by atomic mass is 19.1. The number of halogens is 1. The van der Waals surface area contributed by atoms with Crippen molar-refractivity contribution < 1.29 is 14.2 Å². The van der Waals surface area contributed by atoms with E-state index >= 15 is 0 Å². The number of ether oxygens (including phenoxy) is 1. The van der Waals surface area contributed by atoms with Gasteiger partial charge in [0.15, 0.2) is 11.6 Å². The minimum absolute atomic E-state index is 0.0863. The second kappa shape index (κ2) is 5.19. The lowest BCUT2D eigenvalue weighted by molar-refractivity contribution is 0.274. The first kappa shape index (κ1) is 12.6. The normalized spacial score (nSPS) is 10.4. The Kier molecular flexibility index (Phi) is 3.63. The summed E-state index contributed by atoms with van der Waals surface area (Å²) in [5.74, 6) is 0.181. The predicted octanol–water partition coefficient (Wildman–Crippen LogP) is 3.73. The lowest BCUT2D eigenvalue weighted by Gasteiger charge is -2.11. The lowest BCUT2D eigenvalue weighted by Crippen LogP contribution is -1.95. The summed E-state index contributed by atoms with van der Waals surface area (Å²) >= 11 is 0. The summed E-state index contributed by atoms with van der Waals surface area (Å²) in [6, 6.07) is 10.1. The van der Waals surface area contributed by atoms with Crippen molar-refractivity contribution >= 4 is 0 Å². The molecule has 0 atom stereocenters. The monoisotopic (exact) mass is 246 g/mol. The van der Waals surface area contributed by atoms with E-state index in [4.69, 9.17) is 4.74 Å². The van der Waals surface area contributed by atoms with Crippen LogP contribution in [-0.4, -0.2) is 5.11 Å². The van der Waals surface area contributed by atoms with Crippen molar-refractivity contribution in [2.75, 3.05) is 0 Å². The molecule has 0 radical (unpaired) electrons. The average Bonchev–Trinajstić information content (AvgIpc) is 2.36. The smallest absolute Gasteiger partial charge is 0.168 e.